The van der Waals surface area contributed by atoms with E-state index < -0.39 is 0 Å². The van der Waals surface area contributed by atoms with Gasteiger partial charge in [0, 0.05) is 17.3 Å². The van der Waals surface area contributed by atoms with Crippen molar-refractivity contribution in [3.63, 3.8) is 0 Å². The van der Waals surface area contributed by atoms with Gasteiger partial charge in [-0.05, 0) is 36.8 Å². The van der Waals surface area contributed by atoms with E-state index in [4.69, 9.17) is 11.0 Å². The maximum Gasteiger partial charge on any atom is 0.267 e. The Morgan fingerprint density at radius 3 is 2.95 bits per heavy atom. The molecule has 0 radical (unpaired) electrons. The summed E-state index contributed by atoms with van der Waals surface area (Å²) in [4.78, 5) is 17.9. The number of anilines is 2. The zero-order chi connectivity index (χ0) is 15.7. The highest BCUT2D eigenvalue weighted by Gasteiger charge is 2.18. The van der Waals surface area contributed by atoms with Gasteiger partial charge in [0.05, 0.1) is 17.3 Å². The molecule has 108 valence electrons. The molecule has 3 aromatic rings. The molecule has 5 nitrogen and oxygen atoms in total. The van der Waals surface area contributed by atoms with Gasteiger partial charge >= 0.3 is 0 Å². The standard InChI is InChI=1S/C16H12N4OS/c1-9-5-6-19-16-12(9)13(18)14(22-16)15(21)20-11-4-2-3-10(7-11)8-17/h2-7H,18H2,1H3,(H,20,21). The fraction of sp³-hybridized carbons (Fsp3) is 0.0625. The topological polar surface area (TPSA) is 91.8 Å². The van der Waals surface area contributed by atoms with E-state index in [0.717, 1.165) is 15.8 Å². The van der Waals surface area contributed by atoms with Crippen LogP contribution in [0.15, 0.2) is 36.5 Å². The maximum atomic E-state index is 12.4. The van der Waals surface area contributed by atoms with Crippen molar-refractivity contribution in [1.29, 1.82) is 5.26 Å². The van der Waals surface area contributed by atoms with Crippen LogP contribution in [0.5, 0.6) is 0 Å². The maximum absolute atomic E-state index is 12.4. The molecule has 1 aromatic carbocycles. The first-order valence-corrected chi connectivity index (χ1v) is 7.37. The summed E-state index contributed by atoms with van der Waals surface area (Å²) in [5.74, 6) is -0.296. The third-order valence-electron chi connectivity index (χ3n) is 3.29. The average molecular weight is 308 g/mol. The number of carbonyl (C=O) groups is 1. The average Bonchev–Trinajstić information content (AvgIpc) is 2.86. The molecule has 0 fully saturated rings. The molecule has 2 heterocycles. The van der Waals surface area contributed by atoms with E-state index in [-0.39, 0.29) is 5.91 Å². The Labute approximate surface area is 131 Å². The number of amides is 1. The highest BCUT2D eigenvalue weighted by Crippen LogP contribution is 2.34. The molecule has 0 saturated carbocycles. The lowest BCUT2D eigenvalue weighted by Crippen LogP contribution is -2.12. The first-order chi connectivity index (χ1) is 10.6. The van der Waals surface area contributed by atoms with Gasteiger partial charge in [0.25, 0.3) is 5.91 Å². The molecule has 1 amide bonds. The minimum Gasteiger partial charge on any atom is -0.397 e. The molecule has 0 spiro atoms. The fourth-order valence-electron chi connectivity index (χ4n) is 2.23. The predicted octanol–water partition coefficient (Wildman–Crippen LogP) is 3.31. The Bertz CT molecular complexity index is 924. The summed E-state index contributed by atoms with van der Waals surface area (Å²) in [7, 11) is 0. The number of nitrogens with one attached hydrogen (secondary N) is 1. The second kappa shape index (κ2) is 5.47. The minimum atomic E-state index is -0.296. The number of thiophene rings is 1. The van der Waals surface area contributed by atoms with Crippen LogP contribution in [-0.2, 0) is 0 Å². The van der Waals surface area contributed by atoms with Gasteiger partial charge in [0.1, 0.15) is 9.71 Å². The molecule has 0 aliphatic rings. The van der Waals surface area contributed by atoms with E-state index in [1.54, 1.807) is 30.5 Å². The number of nitrogens with zero attached hydrogens (tertiary/aromatic N) is 2. The van der Waals surface area contributed by atoms with Crippen LogP contribution < -0.4 is 11.1 Å². The minimum absolute atomic E-state index is 0.296. The summed E-state index contributed by atoms with van der Waals surface area (Å²) in [5, 5.41) is 12.5. The van der Waals surface area contributed by atoms with Gasteiger partial charge in [0.15, 0.2) is 0 Å². The predicted molar refractivity (Wildman–Crippen MR) is 87.9 cm³/mol. The lowest BCUT2D eigenvalue weighted by Gasteiger charge is -2.04. The Kier molecular flexibility index (Phi) is 3.49. The zero-order valence-corrected chi connectivity index (χ0v) is 12.6. The number of nitriles is 1. The normalized spacial score (nSPS) is 10.4. The summed E-state index contributed by atoms with van der Waals surface area (Å²) < 4.78 is 0. The molecule has 0 bridgehead atoms. The van der Waals surface area contributed by atoms with Crippen molar-refractivity contribution >= 4 is 38.8 Å². The van der Waals surface area contributed by atoms with Crippen LogP contribution in [0.3, 0.4) is 0 Å². The number of benzene rings is 1. The molecule has 0 aliphatic heterocycles. The number of pyridine rings is 1. The quantitative estimate of drug-likeness (QED) is 0.759. The molecule has 0 aliphatic carbocycles. The smallest absolute Gasteiger partial charge is 0.267 e. The molecule has 6 heteroatoms. The number of nitrogens with two attached hydrogens (primary N) is 1. The van der Waals surface area contributed by atoms with Crippen LogP contribution in [0.1, 0.15) is 20.8 Å². The largest absolute Gasteiger partial charge is 0.397 e. The molecule has 0 atom stereocenters. The van der Waals surface area contributed by atoms with E-state index in [0.29, 0.717) is 21.8 Å². The number of aryl methyl sites for hydroxylation is 1. The number of hydrogen-bond acceptors (Lipinski definition) is 5. The first kappa shape index (κ1) is 14.0. The Morgan fingerprint density at radius 2 is 2.23 bits per heavy atom. The highest BCUT2D eigenvalue weighted by molar-refractivity contribution is 7.21. The molecule has 2 aromatic heterocycles. The summed E-state index contributed by atoms with van der Waals surface area (Å²) in [6, 6.07) is 10.6. The van der Waals surface area contributed by atoms with E-state index in [1.165, 1.54) is 11.3 Å². The van der Waals surface area contributed by atoms with E-state index >= 15 is 0 Å². The van der Waals surface area contributed by atoms with Crippen molar-refractivity contribution in [2.24, 2.45) is 0 Å². The number of rotatable bonds is 2. The van der Waals surface area contributed by atoms with E-state index in [1.807, 2.05) is 19.1 Å². The molecular weight excluding hydrogens is 296 g/mol. The van der Waals surface area contributed by atoms with Crippen molar-refractivity contribution in [3.05, 3.63) is 52.5 Å². The van der Waals surface area contributed by atoms with Gasteiger partial charge in [-0.2, -0.15) is 5.26 Å². The molecule has 3 N–H and O–H groups in total. The number of nitrogen functional groups attached to an aromatic ring is 1. The third-order valence-corrected chi connectivity index (χ3v) is 4.41. The Morgan fingerprint density at radius 1 is 1.41 bits per heavy atom. The lowest BCUT2D eigenvalue weighted by atomic mass is 10.1. The van der Waals surface area contributed by atoms with Crippen LogP contribution in [0.4, 0.5) is 11.4 Å². The number of aromatic nitrogens is 1. The second-order valence-electron chi connectivity index (χ2n) is 4.80. The highest BCUT2D eigenvalue weighted by atomic mass is 32.1. The second-order valence-corrected chi connectivity index (χ2v) is 5.80. The molecule has 3 rings (SSSR count). The monoisotopic (exact) mass is 308 g/mol. The Balaban J connectivity index is 1.97. The van der Waals surface area contributed by atoms with Crippen molar-refractivity contribution < 1.29 is 4.79 Å². The molecule has 0 unspecified atom stereocenters. The van der Waals surface area contributed by atoms with Crippen LogP contribution >= 0.6 is 11.3 Å². The van der Waals surface area contributed by atoms with Gasteiger partial charge < -0.3 is 11.1 Å². The SMILES string of the molecule is Cc1ccnc2sc(C(=O)Nc3cccc(C#N)c3)c(N)c12. The number of carbonyl (C=O) groups excluding carboxylic acids is 1. The number of fused-ring (bicyclic) bond motifs is 1. The molecular formula is C16H12N4OS. The van der Waals surface area contributed by atoms with Crippen molar-refractivity contribution in [2.75, 3.05) is 11.1 Å². The van der Waals surface area contributed by atoms with Crippen LogP contribution in [-0.4, -0.2) is 10.9 Å². The van der Waals surface area contributed by atoms with Crippen LogP contribution in [0, 0.1) is 18.3 Å². The molecule has 22 heavy (non-hydrogen) atoms. The summed E-state index contributed by atoms with van der Waals surface area (Å²) >= 11 is 1.26. The van der Waals surface area contributed by atoms with Gasteiger partial charge in [-0.25, -0.2) is 4.98 Å². The zero-order valence-electron chi connectivity index (χ0n) is 11.8. The van der Waals surface area contributed by atoms with Gasteiger partial charge in [-0.15, -0.1) is 11.3 Å². The lowest BCUT2D eigenvalue weighted by molar-refractivity contribution is 0.103. The van der Waals surface area contributed by atoms with Gasteiger partial charge in [-0.3, -0.25) is 4.79 Å². The third kappa shape index (κ3) is 2.38. The van der Waals surface area contributed by atoms with Crippen molar-refractivity contribution in [3.8, 4) is 6.07 Å². The van der Waals surface area contributed by atoms with Crippen molar-refractivity contribution in [2.45, 2.75) is 6.92 Å². The first-order valence-electron chi connectivity index (χ1n) is 6.55. The summed E-state index contributed by atoms with van der Waals surface area (Å²) in [6.45, 7) is 1.94. The fourth-order valence-corrected chi connectivity index (χ4v) is 3.26. The van der Waals surface area contributed by atoms with Crippen LogP contribution in [0.2, 0.25) is 0 Å². The number of hydrogen-bond donors (Lipinski definition) is 2. The van der Waals surface area contributed by atoms with Crippen molar-refractivity contribution in [1.82, 2.24) is 4.98 Å². The van der Waals surface area contributed by atoms with E-state index in [9.17, 15) is 4.79 Å². The van der Waals surface area contributed by atoms with Gasteiger partial charge in [0.2, 0.25) is 0 Å². The van der Waals surface area contributed by atoms with E-state index in [2.05, 4.69) is 10.3 Å². The molecule has 0 saturated heterocycles. The summed E-state index contributed by atoms with van der Waals surface area (Å²) in [5.41, 5.74) is 8.59. The Hall–Kier alpha value is -2.91. The summed E-state index contributed by atoms with van der Waals surface area (Å²) in [6.07, 6.45) is 1.70. The van der Waals surface area contributed by atoms with Gasteiger partial charge in [-0.1, -0.05) is 6.07 Å². The van der Waals surface area contributed by atoms with Crippen LogP contribution in [0.25, 0.3) is 10.2 Å².